The van der Waals surface area contributed by atoms with Crippen LogP contribution in [0.25, 0.3) is 5.69 Å². The summed E-state index contributed by atoms with van der Waals surface area (Å²) < 4.78 is 6.80. The molecule has 1 heterocycles. The molecule has 2 aromatic rings. The van der Waals surface area contributed by atoms with Gasteiger partial charge < -0.3 is 10.5 Å². The van der Waals surface area contributed by atoms with Crippen LogP contribution in [0.4, 0.5) is 0 Å². The molecule has 0 fully saturated rings. The summed E-state index contributed by atoms with van der Waals surface area (Å²) in [7, 11) is 1.62. The van der Waals surface area contributed by atoms with Crippen molar-refractivity contribution in [2.24, 2.45) is 5.73 Å². The summed E-state index contributed by atoms with van der Waals surface area (Å²) in [6.07, 6.45) is 0. The summed E-state index contributed by atoms with van der Waals surface area (Å²) in [6, 6.07) is 9.38. The summed E-state index contributed by atoms with van der Waals surface area (Å²) >= 11 is 0. The number of aryl methyl sites for hydroxylation is 2. The van der Waals surface area contributed by atoms with Gasteiger partial charge in [0, 0.05) is 23.5 Å². The highest BCUT2D eigenvalue weighted by Crippen LogP contribution is 2.16. The Bertz CT molecular complexity index is 642. The fourth-order valence-electron chi connectivity index (χ4n) is 2.23. The predicted octanol–water partition coefficient (Wildman–Crippen LogP) is 1.92. The number of aromatic nitrogens is 1. The van der Waals surface area contributed by atoms with Gasteiger partial charge in [-0.1, -0.05) is 0 Å². The molecule has 4 heteroatoms. The molecule has 0 saturated carbocycles. The molecule has 0 aliphatic carbocycles. The third kappa shape index (κ3) is 2.39. The molecule has 100 valence electrons. The van der Waals surface area contributed by atoms with Gasteiger partial charge in [0.1, 0.15) is 5.75 Å². The normalized spacial score (nSPS) is 10.5. The highest BCUT2D eigenvalue weighted by molar-refractivity contribution is 5.41. The molecule has 0 unspecified atom stereocenters. The van der Waals surface area contributed by atoms with Crippen LogP contribution in [-0.4, -0.2) is 11.7 Å². The van der Waals surface area contributed by atoms with Crippen LogP contribution in [0.3, 0.4) is 0 Å². The van der Waals surface area contributed by atoms with Crippen LogP contribution in [0.2, 0.25) is 0 Å². The van der Waals surface area contributed by atoms with Crippen LogP contribution in [0.1, 0.15) is 16.8 Å². The van der Waals surface area contributed by atoms with Gasteiger partial charge in [0.05, 0.1) is 7.11 Å². The van der Waals surface area contributed by atoms with Gasteiger partial charge >= 0.3 is 0 Å². The minimum absolute atomic E-state index is 0.0508. The number of nitrogens with zero attached hydrogens (tertiary/aromatic N) is 1. The molecule has 0 bridgehead atoms. The molecular weight excluding hydrogens is 240 g/mol. The second kappa shape index (κ2) is 5.28. The molecule has 0 spiro atoms. The van der Waals surface area contributed by atoms with Crippen molar-refractivity contribution in [1.29, 1.82) is 0 Å². The van der Waals surface area contributed by atoms with E-state index in [2.05, 4.69) is 0 Å². The van der Waals surface area contributed by atoms with Gasteiger partial charge in [-0.15, -0.1) is 0 Å². The van der Waals surface area contributed by atoms with Gasteiger partial charge in [-0.3, -0.25) is 9.36 Å². The maximum atomic E-state index is 12.4. The predicted molar refractivity (Wildman–Crippen MR) is 76.0 cm³/mol. The maximum absolute atomic E-state index is 12.4. The minimum atomic E-state index is -0.0508. The van der Waals surface area contributed by atoms with E-state index >= 15 is 0 Å². The number of benzene rings is 1. The average molecular weight is 258 g/mol. The van der Waals surface area contributed by atoms with Crippen molar-refractivity contribution >= 4 is 0 Å². The van der Waals surface area contributed by atoms with E-state index in [-0.39, 0.29) is 12.1 Å². The van der Waals surface area contributed by atoms with Gasteiger partial charge in [-0.2, -0.15) is 0 Å². The van der Waals surface area contributed by atoms with E-state index < -0.39 is 0 Å². The smallest absolute Gasteiger partial charge is 0.260 e. The second-order valence-electron chi connectivity index (χ2n) is 4.49. The van der Waals surface area contributed by atoms with Crippen molar-refractivity contribution in [3.05, 3.63) is 57.5 Å². The SMILES string of the molecule is COc1ccc(-n2c(C)cc(C)c(CN)c2=O)cc1. The lowest BCUT2D eigenvalue weighted by atomic mass is 10.1. The van der Waals surface area contributed by atoms with Gasteiger partial charge in [0.25, 0.3) is 5.56 Å². The number of rotatable bonds is 3. The Labute approximate surface area is 112 Å². The Morgan fingerprint density at radius 1 is 1.21 bits per heavy atom. The lowest BCUT2D eigenvalue weighted by molar-refractivity contribution is 0.414. The molecule has 1 aromatic carbocycles. The van der Waals surface area contributed by atoms with Gasteiger partial charge in [-0.05, 0) is 49.7 Å². The van der Waals surface area contributed by atoms with Crippen molar-refractivity contribution in [2.75, 3.05) is 7.11 Å². The number of hydrogen-bond donors (Lipinski definition) is 1. The number of ether oxygens (including phenoxy) is 1. The Hall–Kier alpha value is -2.07. The zero-order chi connectivity index (χ0) is 14.0. The topological polar surface area (TPSA) is 57.2 Å². The molecule has 0 radical (unpaired) electrons. The molecule has 19 heavy (non-hydrogen) atoms. The fraction of sp³-hybridized carbons (Fsp3) is 0.267. The van der Waals surface area contributed by atoms with Crippen molar-refractivity contribution in [2.45, 2.75) is 20.4 Å². The Morgan fingerprint density at radius 2 is 1.84 bits per heavy atom. The maximum Gasteiger partial charge on any atom is 0.260 e. The summed E-state index contributed by atoms with van der Waals surface area (Å²) in [5.74, 6) is 0.764. The first-order chi connectivity index (χ1) is 9.08. The van der Waals surface area contributed by atoms with Crippen LogP contribution in [-0.2, 0) is 6.54 Å². The van der Waals surface area contributed by atoms with E-state index in [0.29, 0.717) is 5.56 Å². The largest absolute Gasteiger partial charge is 0.497 e. The van der Waals surface area contributed by atoms with E-state index in [1.54, 1.807) is 11.7 Å². The van der Waals surface area contributed by atoms with Gasteiger partial charge in [-0.25, -0.2) is 0 Å². The van der Waals surface area contributed by atoms with Crippen molar-refractivity contribution in [1.82, 2.24) is 4.57 Å². The number of hydrogen-bond acceptors (Lipinski definition) is 3. The van der Waals surface area contributed by atoms with Crippen molar-refractivity contribution < 1.29 is 4.74 Å². The molecule has 0 saturated heterocycles. The van der Waals surface area contributed by atoms with E-state index in [9.17, 15) is 4.79 Å². The third-order valence-electron chi connectivity index (χ3n) is 3.25. The lowest BCUT2D eigenvalue weighted by Gasteiger charge is -2.14. The average Bonchev–Trinajstić information content (AvgIpc) is 2.39. The first-order valence-corrected chi connectivity index (χ1v) is 6.15. The molecular formula is C15H18N2O2. The quantitative estimate of drug-likeness (QED) is 0.915. The number of methoxy groups -OCH3 is 1. The molecule has 2 N–H and O–H groups in total. The Kier molecular flexibility index (Phi) is 3.71. The summed E-state index contributed by atoms with van der Waals surface area (Å²) in [4.78, 5) is 12.4. The van der Waals surface area contributed by atoms with Crippen LogP contribution in [0, 0.1) is 13.8 Å². The van der Waals surface area contributed by atoms with Crippen LogP contribution in [0.15, 0.2) is 35.1 Å². The highest BCUT2D eigenvalue weighted by atomic mass is 16.5. The fourth-order valence-corrected chi connectivity index (χ4v) is 2.23. The molecule has 4 nitrogen and oxygen atoms in total. The Balaban J connectivity index is 2.64. The minimum Gasteiger partial charge on any atom is -0.497 e. The first kappa shape index (κ1) is 13.4. The summed E-state index contributed by atoms with van der Waals surface area (Å²) in [5.41, 5.74) is 8.91. The third-order valence-corrected chi connectivity index (χ3v) is 3.25. The van der Waals surface area contributed by atoms with E-state index in [0.717, 1.165) is 22.7 Å². The molecule has 1 aromatic heterocycles. The summed E-state index contributed by atoms with van der Waals surface area (Å²) in [5, 5.41) is 0. The van der Waals surface area contributed by atoms with Gasteiger partial charge in [0.2, 0.25) is 0 Å². The molecule has 0 aliphatic heterocycles. The highest BCUT2D eigenvalue weighted by Gasteiger charge is 2.10. The summed E-state index contributed by atoms with van der Waals surface area (Å²) in [6.45, 7) is 4.08. The Morgan fingerprint density at radius 3 is 2.37 bits per heavy atom. The van der Waals surface area contributed by atoms with Crippen LogP contribution >= 0.6 is 0 Å². The van der Waals surface area contributed by atoms with Crippen molar-refractivity contribution in [3.63, 3.8) is 0 Å². The standard InChI is InChI=1S/C15H18N2O2/c1-10-8-11(2)17(15(18)14(10)9-16)12-4-6-13(19-3)7-5-12/h4-8H,9,16H2,1-3H3. The van der Waals surface area contributed by atoms with Crippen molar-refractivity contribution in [3.8, 4) is 11.4 Å². The van der Waals surface area contributed by atoms with E-state index in [1.165, 1.54) is 0 Å². The molecule has 2 rings (SSSR count). The van der Waals surface area contributed by atoms with E-state index in [4.69, 9.17) is 10.5 Å². The van der Waals surface area contributed by atoms with Crippen LogP contribution in [0.5, 0.6) is 5.75 Å². The monoisotopic (exact) mass is 258 g/mol. The first-order valence-electron chi connectivity index (χ1n) is 6.15. The zero-order valence-corrected chi connectivity index (χ0v) is 11.4. The number of nitrogens with two attached hydrogens (primary N) is 1. The molecule has 0 amide bonds. The molecule has 0 aliphatic rings. The number of pyridine rings is 1. The molecule has 0 atom stereocenters. The lowest BCUT2D eigenvalue weighted by Crippen LogP contribution is -2.27. The van der Waals surface area contributed by atoms with Gasteiger partial charge in [0.15, 0.2) is 0 Å². The second-order valence-corrected chi connectivity index (χ2v) is 4.49. The zero-order valence-electron chi connectivity index (χ0n) is 11.4. The van der Waals surface area contributed by atoms with Crippen LogP contribution < -0.4 is 16.0 Å². The van der Waals surface area contributed by atoms with E-state index in [1.807, 2.05) is 44.2 Å².